The minimum absolute atomic E-state index is 0.0698. The molecule has 17 heavy (non-hydrogen) atoms. The molecule has 5 heteroatoms. The van der Waals surface area contributed by atoms with E-state index in [0.29, 0.717) is 4.88 Å². The van der Waals surface area contributed by atoms with Gasteiger partial charge in [-0.3, -0.25) is 9.59 Å². The van der Waals surface area contributed by atoms with Gasteiger partial charge in [0.05, 0.1) is 11.3 Å². The van der Waals surface area contributed by atoms with Crippen LogP contribution in [-0.4, -0.2) is 34.5 Å². The molecule has 0 aliphatic carbocycles. The largest absolute Gasteiger partial charge is 0.481 e. The number of amides is 1. The predicted octanol–water partition coefficient (Wildman–Crippen LogP) is 2.38. The summed E-state index contributed by atoms with van der Waals surface area (Å²) in [6.07, 6.45) is -0.0698. The molecule has 0 aliphatic heterocycles. The van der Waals surface area contributed by atoms with Crippen LogP contribution in [0.2, 0.25) is 0 Å². The lowest BCUT2D eigenvalue weighted by molar-refractivity contribution is -0.139. The monoisotopic (exact) mass is 255 g/mol. The van der Waals surface area contributed by atoms with E-state index in [1.54, 1.807) is 20.9 Å². The number of hydrogen-bond acceptors (Lipinski definition) is 3. The zero-order chi connectivity index (χ0) is 13.2. The number of hydrogen-bond donors (Lipinski definition) is 1. The van der Waals surface area contributed by atoms with Gasteiger partial charge < -0.3 is 10.0 Å². The highest BCUT2D eigenvalue weighted by Gasteiger charge is 2.31. The number of aryl methyl sites for hydroxylation is 1. The molecule has 1 aromatic rings. The Kier molecular flexibility index (Phi) is 3.93. The van der Waals surface area contributed by atoms with Crippen LogP contribution in [-0.2, 0) is 4.79 Å². The van der Waals surface area contributed by atoms with Gasteiger partial charge in [-0.1, -0.05) is 0 Å². The Bertz CT molecular complexity index is 437. The zero-order valence-corrected chi connectivity index (χ0v) is 11.3. The summed E-state index contributed by atoms with van der Waals surface area (Å²) < 4.78 is 0. The molecule has 1 heterocycles. The van der Waals surface area contributed by atoms with Crippen LogP contribution < -0.4 is 0 Å². The van der Waals surface area contributed by atoms with E-state index in [0.717, 1.165) is 5.56 Å². The van der Waals surface area contributed by atoms with Gasteiger partial charge >= 0.3 is 5.97 Å². The first-order chi connectivity index (χ1) is 7.74. The van der Waals surface area contributed by atoms with Crippen LogP contribution in [0.3, 0.4) is 0 Å². The van der Waals surface area contributed by atoms with Crippen molar-refractivity contribution in [2.75, 3.05) is 7.05 Å². The predicted molar refractivity (Wildman–Crippen MR) is 67.5 cm³/mol. The number of carboxylic acids is 1. The maximum Gasteiger partial charge on any atom is 0.305 e. The van der Waals surface area contributed by atoms with E-state index in [-0.39, 0.29) is 12.3 Å². The Labute approximate surface area is 105 Å². The summed E-state index contributed by atoms with van der Waals surface area (Å²) in [4.78, 5) is 25.0. The van der Waals surface area contributed by atoms with Crippen molar-refractivity contribution in [1.82, 2.24) is 4.90 Å². The first-order valence-electron chi connectivity index (χ1n) is 5.29. The number of nitrogens with zero attached hydrogens (tertiary/aromatic N) is 1. The Morgan fingerprint density at radius 2 is 2.06 bits per heavy atom. The third-order valence-electron chi connectivity index (χ3n) is 2.74. The van der Waals surface area contributed by atoms with Gasteiger partial charge in [-0.15, -0.1) is 11.3 Å². The van der Waals surface area contributed by atoms with Crippen molar-refractivity contribution in [2.24, 2.45) is 0 Å². The molecule has 1 rings (SSSR count). The fraction of sp³-hybridized carbons (Fsp3) is 0.500. The van der Waals surface area contributed by atoms with Crippen molar-refractivity contribution < 1.29 is 14.7 Å². The lowest BCUT2D eigenvalue weighted by Gasteiger charge is -2.34. The lowest BCUT2D eigenvalue weighted by atomic mass is 9.98. The van der Waals surface area contributed by atoms with E-state index >= 15 is 0 Å². The van der Waals surface area contributed by atoms with E-state index < -0.39 is 11.5 Å². The van der Waals surface area contributed by atoms with Crippen LogP contribution in [0.15, 0.2) is 11.4 Å². The van der Waals surface area contributed by atoms with E-state index in [9.17, 15) is 9.59 Å². The average Bonchev–Trinajstić information content (AvgIpc) is 2.60. The molecule has 0 saturated carbocycles. The van der Waals surface area contributed by atoms with Crippen molar-refractivity contribution in [3.05, 3.63) is 21.9 Å². The highest BCUT2D eigenvalue weighted by Crippen LogP contribution is 2.22. The summed E-state index contributed by atoms with van der Waals surface area (Å²) in [6, 6.07) is 1.82. The molecule has 0 spiro atoms. The van der Waals surface area contributed by atoms with E-state index in [1.165, 1.54) is 16.2 Å². The number of carboxylic acid groups (broad SMARTS) is 1. The van der Waals surface area contributed by atoms with Crippen molar-refractivity contribution >= 4 is 23.2 Å². The van der Waals surface area contributed by atoms with Crippen molar-refractivity contribution in [2.45, 2.75) is 32.7 Å². The quantitative estimate of drug-likeness (QED) is 0.898. The molecule has 1 aromatic heterocycles. The minimum atomic E-state index is -0.906. The van der Waals surface area contributed by atoms with Gasteiger partial charge in [0.1, 0.15) is 0 Å². The lowest BCUT2D eigenvalue weighted by Crippen LogP contribution is -2.46. The Hall–Kier alpha value is -1.36. The molecule has 0 aromatic carbocycles. The third-order valence-corrected chi connectivity index (χ3v) is 3.77. The number of carbonyl (C=O) groups excluding carboxylic acids is 1. The zero-order valence-electron chi connectivity index (χ0n) is 10.5. The first kappa shape index (κ1) is 13.7. The Morgan fingerprint density at radius 3 is 2.47 bits per heavy atom. The van der Waals surface area contributed by atoms with Crippen LogP contribution >= 0.6 is 11.3 Å². The van der Waals surface area contributed by atoms with E-state index in [2.05, 4.69) is 0 Å². The molecule has 0 radical (unpaired) electrons. The fourth-order valence-electron chi connectivity index (χ4n) is 1.47. The van der Waals surface area contributed by atoms with Crippen molar-refractivity contribution in [3.63, 3.8) is 0 Å². The number of thiophene rings is 1. The SMILES string of the molecule is Cc1csc(C(=O)N(C)C(C)(C)CC(=O)O)c1. The van der Waals surface area contributed by atoms with Crippen LogP contribution in [0.25, 0.3) is 0 Å². The maximum atomic E-state index is 12.1. The van der Waals surface area contributed by atoms with Gasteiger partial charge in [-0.05, 0) is 37.8 Å². The fourth-order valence-corrected chi connectivity index (χ4v) is 2.34. The molecule has 0 aliphatic rings. The summed E-state index contributed by atoms with van der Waals surface area (Å²) in [5, 5.41) is 10.7. The van der Waals surface area contributed by atoms with Gasteiger partial charge in [0.15, 0.2) is 0 Å². The third kappa shape index (κ3) is 3.30. The molecule has 4 nitrogen and oxygen atoms in total. The van der Waals surface area contributed by atoms with Gasteiger partial charge in [0.2, 0.25) is 0 Å². The van der Waals surface area contributed by atoms with E-state index in [1.807, 2.05) is 18.4 Å². The number of aliphatic carboxylic acids is 1. The molecular formula is C12H17NO3S. The summed E-state index contributed by atoms with van der Waals surface area (Å²) >= 11 is 1.38. The molecule has 1 amide bonds. The van der Waals surface area contributed by atoms with Crippen LogP contribution in [0.1, 0.15) is 35.5 Å². The molecule has 0 atom stereocenters. The second-order valence-electron chi connectivity index (χ2n) is 4.74. The van der Waals surface area contributed by atoms with Gasteiger partial charge in [-0.2, -0.15) is 0 Å². The summed E-state index contributed by atoms with van der Waals surface area (Å²) in [5.74, 6) is -1.04. The average molecular weight is 255 g/mol. The molecule has 1 N–H and O–H groups in total. The standard InChI is InChI=1S/C12H17NO3S/c1-8-5-9(17-7-8)11(16)13(4)12(2,3)6-10(14)15/h5,7H,6H2,1-4H3,(H,14,15). The Morgan fingerprint density at radius 1 is 1.47 bits per heavy atom. The normalized spacial score (nSPS) is 11.3. The smallest absolute Gasteiger partial charge is 0.305 e. The molecular weight excluding hydrogens is 238 g/mol. The van der Waals surface area contributed by atoms with Gasteiger partial charge in [0.25, 0.3) is 5.91 Å². The van der Waals surface area contributed by atoms with Crippen molar-refractivity contribution in [1.29, 1.82) is 0 Å². The number of carbonyl (C=O) groups is 2. The summed E-state index contributed by atoms with van der Waals surface area (Å²) in [6.45, 7) is 5.43. The molecule has 94 valence electrons. The molecule has 0 bridgehead atoms. The highest BCUT2D eigenvalue weighted by molar-refractivity contribution is 7.12. The van der Waals surface area contributed by atoms with Gasteiger partial charge in [-0.25, -0.2) is 0 Å². The van der Waals surface area contributed by atoms with E-state index in [4.69, 9.17) is 5.11 Å². The minimum Gasteiger partial charge on any atom is -0.481 e. The highest BCUT2D eigenvalue weighted by atomic mass is 32.1. The Balaban J connectivity index is 2.86. The first-order valence-corrected chi connectivity index (χ1v) is 6.17. The van der Waals surface area contributed by atoms with Crippen LogP contribution in [0.5, 0.6) is 0 Å². The van der Waals surface area contributed by atoms with Crippen LogP contribution in [0.4, 0.5) is 0 Å². The topological polar surface area (TPSA) is 57.6 Å². The second-order valence-corrected chi connectivity index (χ2v) is 5.65. The molecule has 0 fully saturated rings. The maximum absolute atomic E-state index is 12.1. The van der Waals surface area contributed by atoms with Gasteiger partial charge in [0, 0.05) is 12.6 Å². The second kappa shape index (κ2) is 4.87. The number of rotatable bonds is 4. The molecule has 0 unspecified atom stereocenters. The molecule has 0 saturated heterocycles. The van der Waals surface area contributed by atoms with Crippen molar-refractivity contribution in [3.8, 4) is 0 Å². The summed E-state index contributed by atoms with van der Waals surface area (Å²) in [5.41, 5.74) is 0.351. The van der Waals surface area contributed by atoms with Crippen LogP contribution in [0, 0.1) is 6.92 Å². The summed E-state index contributed by atoms with van der Waals surface area (Å²) in [7, 11) is 1.64.